The van der Waals surface area contributed by atoms with Crippen molar-refractivity contribution in [1.29, 1.82) is 0 Å². The zero-order valence-corrected chi connectivity index (χ0v) is 20.5. The average molecular weight is 550 g/mol. The minimum atomic E-state index is -1.90. The number of halogens is 3. The molecule has 11 nitrogen and oxygen atoms in total. The second-order valence-electron chi connectivity index (χ2n) is 9.22. The standard InChI is InChI=1S/C25H25F3N4O7/c1-37-14-4-2-3-12(7-14)24(36)29-19-5-6-38-25(19)23(35)21(22(34)18(11-33)39-25)32-10-17(30-31-32)13-8-15(26)20(28)16(27)9-13/h2-4,7-10,18-19,21-23,33-35H,5-6,11H2,1H3,(H,29,36)/t18-,19-,21+,22+,23-,25+/m1/s1. The van der Waals surface area contributed by atoms with E-state index >= 15 is 0 Å². The van der Waals surface area contributed by atoms with Crippen molar-refractivity contribution in [3.05, 3.63) is 65.6 Å². The number of ether oxygens (including phenoxy) is 3. The number of hydrogen-bond donors (Lipinski definition) is 4. The molecule has 1 aromatic heterocycles. The molecule has 39 heavy (non-hydrogen) atoms. The van der Waals surface area contributed by atoms with Crippen LogP contribution < -0.4 is 10.1 Å². The lowest BCUT2D eigenvalue weighted by atomic mass is 9.86. The fraction of sp³-hybridized carbons (Fsp3) is 0.400. The first-order valence-corrected chi connectivity index (χ1v) is 12.0. The molecule has 0 saturated carbocycles. The summed E-state index contributed by atoms with van der Waals surface area (Å²) in [6.45, 7) is -0.611. The van der Waals surface area contributed by atoms with Gasteiger partial charge >= 0.3 is 0 Å². The smallest absolute Gasteiger partial charge is 0.251 e. The lowest BCUT2D eigenvalue weighted by Gasteiger charge is -2.49. The molecule has 4 N–H and O–H groups in total. The Bertz CT molecular complexity index is 1350. The minimum absolute atomic E-state index is 0.0673. The van der Waals surface area contributed by atoms with Crippen LogP contribution in [0.4, 0.5) is 13.2 Å². The molecule has 1 amide bonds. The van der Waals surface area contributed by atoms with E-state index in [1.807, 2.05) is 0 Å². The lowest BCUT2D eigenvalue weighted by Crippen LogP contribution is -2.69. The van der Waals surface area contributed by atoms with Gasteiger partial charge in [0, 0.05) is 11.1 Å². The molecular weight excluding hydrogens is 525 g/mol. The van der Waals surface area contributed by atoms with Crippen LogP contribution in [0.1, 0.15) is 22.8 Å². The molecule has 3 heterocycles. The van der Waals surface area contributed by atoms with E-state index in [0.717, 1.165) is 16.8 Å². The fourth-order valence-electron chi connectivity index (χ4n) is 4.95. The van der Waals surface area contributed by atoms with E-state index < -0.39 is 66.1 Å². The van der Waals surface area contributed by atoms with E-state index in [4.69, 9.17) is 14.2 Å². The van der Waals surface area contributed by atoms with E-state index in [1.165, 1.54) is 19.4 Å². The van der Waals surface area contributed by atoms with Crippen LogP contribution in [0.2, 0.25) is 0 Å². The monoisotopic (exact) mass is 550 g/mol. The number of aromatic nitrogens is 3. The van der Waals surface area contributed by atoms with E-state index in [9.17, 15) is 33.3 Å². The number of amides is 1. The molecule has 2 aliphatic heterocycles. The number of methoxy groups -OCH3 is 1. The first-order chi connectivity index (χ1) is 18.7. The molecule has 0 unspecified atom stereocenters. The number of benzene rings is 2. The molecule has 2 fully saturated rings. The van der Waals surface area contributed by atoms with Gasteiger partial charge in [0.05, 0.1) is 32.6 Å². The molecule has 0 aliphatic carbocycles. The summed E-state index contributed by atoms with van der Waals surface area (Å²) in [4.78, 5) is 13.0. The van der Waals surface area contributed by atoms with Gasteiger partial charge in [0.1, 0.15) is 35.8 Å². The number of nitrogens with zero attached hydrogens (tertiary/aromatic N) is 3. The third-order valence-electron chi connectivity index (χ3n) is 6.93. The summed E-state index contributed by atoms with van der Waals surface area (Å²) in [5.41, 5.74) is 0.0582. The van der Waals surface area contributed by atoms with Crippen LogP contribution >= 0.6 is 0 Å². The summed E-state index contributed by atoms with van der Waals surface area (Å²) in [7, 11) is 1.46. The van der Waals surface area contributed by atoms with Gasteiger partial charge < -0.3 is 34.8 Å². The molecule has 14 heteroatoms. The highest BCUT2D eigenvalue weighted by atomic mass is 19.2. The Kier molecular flexibility index (Phi) is 7.31. The summed E-state index contributed by atoms with van der Waals surface area (Å²) in [6.07, 6.45) is -3.06. The molecule has 3 aromatic rings. The van der Waals surface area contributed by atoms with Gasteiger partial charge in [-0.2, -0.15) is 0 Å². The molecule has 208 valence electrons. The quantitative estimate of drug-likeness (QED) is 0.329. The summed E-state index contributed by atoms with van der Waals surface area (Å²) < 4.78 is 58.8. The van der Waals surface area contributed by atoms with Crippen molar-refractivity contribution in [2.75, 3.05) is 20.3 Å². The van der Waals surface area contributed by atoms with Gasteiger partial charge in [-0.3, -0.25) is 4.79 Å². The molecule has 5 rings (SSSR count). The second kappa shape index (κ2) is 10.5. The highest BCUT2D eigenvalue weighted by Gasteiger charge is 2.62. The highest BCUT2D eigenvalue weighted by Crippen LogP contribution is 2.43. The summed E-state index contributed by atoms with van der Waals surface area (Å²) in [5, 5.41) is 42.9. The summed E-state index contributed by atoms with van der Waals surface area (Å²) in [6, 6.07) is 5.61. The third kappa shape index (κ3) is 4.74. The summed E-state index contributed by atoms with van der Waals surface area (Å²) in [5.74, 6) is -6.45. The van der Waals surface area contributed by atoms with Crippen molar-refractivity contribution in [2.45, 2.75) is 42.6 Å². The van der Waals surface area contributed by atoms with Crippen molar-refractivity contribution >= 4 is 5.91 Å². The maximum absolute atomic E-state index is 13.8. The van der Waals surface area contributed by atoms with Crippen LogP contribution in [0.5, 0.6) is 5.75 Å². The van der Waals surface area contributed by atoms with Crippen molar-refractivity contribution in [1.82, 2.24) is 20.3 Å². The van der Waals surface area contributed by atoms with Crippen molar-refractivity contribution < 1.29 is 47.5 Å². The number of hydrogen-bond acceptors (Lipinski definition) is 9. The van der Waals surface area contributed by atoms with Crippen molar-refractivity contribution in [3.8, 4) is 17.0 Å². The van der Waals surface area contributed by atoms with Gasteiger partial charge in [-0.15, -0.1) is 5.10 Å². The predicted molar refractivity (Wildman–Crippen MR) is 126 cm³/mol. The topological polar surface area (TPSA) is 148 Å². The molecule has 2 aliphatic rings. The average Bonchev–Trinajstić information content (AvgIpc) is 3.57. The van der Waals surface area contributed by atoms with Gasteiger partial charge in [-0.1, -0.05) is 11.3 Å². The Morgan fingerprint density at radius 2 is 1.97 bits per heavy atom. The van der Waals surface area contributed by atoms with Crippen LogP contribution in [0.25, 0.3) is 11.3 Å². The van der Waals surface area contributed by atoms with Gasteiger partial charge in [0.2, 0.25) is 5.79 Å². The maximum Gasteiger partial charge on any atom is 0.251 e. The zero-order chi connectivity index (χ0) is 27.9. The largest absolute Gasteiger partial charge is 0.497 e. The normalized spacial score (nSPS) is 28.5. The van der Waals surface area contributed by atoms with Gasteiger partial charge in [0.15, 0.2) is 17.5 Å². The Morgan fingerprint density at radius 1 is 1.23 bits per heavy atom. The Morgan fingerprint density at radius 3 is 2.67 bits per heavy atom. The molecule has 1 spiro atoms. The SMILES string of the molecule is COc1cccc(C(=O)N[C@@H]2CCO[C@]23O[C@H](CO)[C@H](O)[C@H](n2cc(-c4cc(F)c(F)c(F)c4)nn2)[C@H]3O)c1. The molecule has 6 atom stereocenters. The van der Waals surface area contributed by atoms with Crippen LogP contribution in [-0.2, 0) is 9.47 Å². The van der Waals surface area contributed by atoms with Crippen LogP contribution in [0.3, 0.4) is 0 Å². The second-order valence-corrected chi connectivity index (χ2v) is 9.22. The molecule has 0 bridgehead atoms. The number of aliphatic hydroxyl groups excluding tert-OH is 3. The first kappa shape index (κ1) is 27.0. The number of carbonyl (C=O) groups excluding carboxylic acids is 1. The molecular formula is C25H25F3N4O7. The molecule has 2 aromatic carbocycles. The zero-order valence-electron chi connectivity index (χ0n) is 20.5. The van der Waals surface area contributed by atoms with E-state index in [-0.39, 0.29) is 29.8 Å². The molecule has 0 radical (unpaired) electrons. The number of aliphatic hydroxyl groups is 3. The third-order valence-corrected chi connectivity index (χ3v) is 6.93. The van der Waals surface area contributed by atoms with E-state index in [2.05, 4.69) is 15.6 Å². The Balaban J connectivity index is 1.46. The number of carbonyl (C=O) groups is 1. The highest BCUT2D eigenvalue weighted by molar-refractivity contribution is 5.94. The van der Waals surface area contributed by atoms with Crippen molar-refractivity contribution in [2.24, 2.45) is 0 Å². The van der Waals surface area contributed by atoms with E-state index in [1.54, 1.807) is 18.2 Å². The van der Waals surface area contributed by atoms with Gasteiger partial charge in [-0.25, -0.2) is 17.9 Å². The number of rotatable bonds is 6. The molecule has 2 saturated heterocycles. The predicted octanol–water partition coefficient (Wildman–Crippen LogP) is 0.940. The number of nitrogens with one attached hydrogen (secondary N) is 1. The van der Waals surface area contributed by atoms with Gasteiger partial charge in [-0.05, 0) is 36.8 Å². The van der Waals surface area contributed by atoms with Crippen LogP contribution in [-0.4, -0.2) is 86.7 Å². The maximum atomic E-state index is 13.8. The Labute approximate surface area is 219 Å². The fourth-order valence-corrected chi connectivity index (χ4v) is 4.95. The minimum Gasteiger partial charge on any atom is -0.497 e. The van der Waals surface area contributed by atoms with Gasteiger partial charge in [0.25, 0.3) is 5.91 Å². The first-order valence-electron chi connectivity index (χ1n) is 12.0. The lowest BCUT2D eigenvalue weighted by molar-refractivity contribution is -0.344. The van der Waals surface area contributed by atoms with Crippen LogP contribution in [0, 0.1) is 17.5 Å². The Hall–Kier alpha value is -3.56. The van der Waals surface area contributed by atoms with E-state index in [0.29, 0.717) is 5.75 Å². The van der Waals surface area contributed by atoms with Crippen molar-refractivity contribution in [3.63, 3.8) is 0 Å². The summed E-state index contributed by atoms with van der Waals surface area (Å²) >= 11 is 0. The van der Waals surface area contributed by atoms with Crippen LogP contribution in [0.15, 0.2) is 42.6 Å².